The van der Waals surface area contributed by atoms with Gasteiger partial charge in [0.2, 0.25) is 0 Å². The first-order chi connectivity index (χ1) is 5.80. The normalized spacial score (nSPS) is 39.3. The van der Waals surface area contributed by atoms with Crippen LogP contribution < -0.4 is 0 Å². The standard InChI is InChI=1S/C10H16ClN/c1-2-10-4-3-5-12(10)8-9(6-10)7-11/h7H,2-6,8H2,1H3/b9-7+/t10-/m0/s1. The molecular formula is C10H16ClN. The highest BCUT2D eigenvalue weighted by atomic mass is 35.5. The van der Waals surface area contributed by atoms with Crippen molar-refractivity contribution in [3.8, 4) is 0 Å². The Hall–Kier alpha value is -0.0100. The van der Waals surface area contributed by atoms with Crippen LogP contribution in [0.15, 0.2) is 11.1 Å². The molecule has 2 heterocycles. The Labute approximate surface area is 79.4 Å². The smallest absolute Gasteiger partial charge is 0.0248 e. The Balaban J connectivity index is 2.20. The molecule has 0 aromatic carbocycles. The van der Waals surface area contributed by atoms with Gasteiger partial charge in [-0.05, 0) is 37.8 Å². The zero-order valence-corrected chi connectivity index (χ0v) is 8.40. The molecule has 2 heteroatoms. The molecule has 0 aliphatic carbocycles. The fourth-order valence-electron chi connectivity index (χ4n) is 2.76. The minimum absolute atomic E-state index is 0.501. The molecule has 0 unspecified atom stereocenters. The first kappa shape index (κ1) is 8.58. The Morgan fingerprint density at radius 1 is 1.67 bits per heavy atom. The lowest BCUT2D eigenvalue weighted by atomic mass is 9.90. The summed E-state index contributed by atoms with van der Waals surface area (Å²) in [6.45, 7) is 4.70. The highest BCUT2D eigenvalue weighted by Crippen LogP contribution is 2.43. The zero-order valence-electron chi connectivity index (χ0n) is 7.65. The lowest BCUT2D eigenvalue weighted by Gasteiger charge is -2.29. The Bertz CT molecular complexity index is 212. The van der Waals surface area contributed by atoms with Crippen molar-refractivity contribution in [2.45, 2.75) is 38.1 Å². The third kappa shape index (κ3) is 1.11. The molecule has 0 bridgehead atoms. The molecule has 0 saturated carbocycles. The Kier molecular flexibility index (Phi) is 2.18. The average Bonchev–Trinajstić information content (AvgIpc) is 2.58. The van der Waals surface area contributed by atoms with Crippen LogP contribution >= 0.6 is 11.6 Å². The van der Waals surface area contributed by atoms with Gasteiger partial charge in [-0.25, -0.2) is 0 Å². The molecular weight excluding hydrogens is 170 g/mol. The lowest BCUT2D eigenvalue weighted by molar-refractivity contribution is 0.189. The van der Waals surface area contributed by atoms with Gasteiger partial charge in [0.25, 0.3) is 0 Å². The molecule has 2 saturated heterocycles. The van der Waals surface area contributed by atoms with Crippen LogP contribution in [-0.2, 0) is 0 Å². The molecule has 2 fully saturated rings. The maximum absolute atomic E-state index is 5.75. The molecule has 0 aromatic heterocycles. The van der Waals surface area contributed by atoms with Crippen molar-refractivity contribution < 1.29 is 0 Å². The van der Waals surface area contributed by atoms with Crippen molar-refractivity contribution in [2.24, 2.45) is 0 Å². The van der Waals surface area contributed by atoms with Gasteiger partial charge < -0.3 is 0 Å². The van der Waals surface area contributed by atoms with Gasteiger partial charge in [0, 0.05) is 17.6 Å². The fraction of sp³-hybridized carbons (Fsp3) is 0.800. The van der Waals surface area contributed by atoms with Crippen molar-refractivity contribution in [1.29, 1.82) is 0 Å². The highest BCUT2D eigenvalue weighted by molar-refractivity contribution is 6.25. The largest absolute Gasteiger partial charge is 0.293 e. The lowest BCUT2D eigenvalue weighted by Crippen LogP contribution is -2.37. The average molecular weight is 186 g/mol. The second-order valence-corrected chi connectivity index (χ2v) is 4.27. The van der Waals surface area contributed by atoms with E-state index < -0.39 is 0 Å². The molecule has 0 spiro atoms. The first-order valence-electron chi connectivity index (χ1n) is 4.84. The summed E-state index contributed by atoms with van der Waals surface area (Å²) in [7, 11) is 0. The van der Waals surface area contributed by atoms with Crippen LogP contribution in [0.4, 0.5) is 0 Å². The summed E-state index contributed by atoms with van der Waals surface area (Å²) < 4.78 is 0. The van der Waals surface area contributed by atoms with Gasteiger partial charge in [0.05, 0.1) is 0 Å². The monoisotopic (exact) mass is 185 g/mol. The van der Waals surface area contributed by atoms with E-state index in [-0.39, 0.29) is 0 Å². The van der Waals surface area contributed by atoms with Crippen molar-refractivity contribution in [3.63, 3.8) is 0 Å². The van der Waals surface area contributed by atoms with Crippen LogP contribution in [0, 0.1) is 0 Å². The van der Waals surface area contributed by atoms with Gasteiger partial charge in [0.15, 0.2) is 0 Å². The van der Waals surface area contributed by atoms with Gasteiger partial charge in [-0.2, -0.15) is 0 Å². The van der Waals surface area contributed by atoms with E-state index in [2.05, 4.69) is 11.8 Å². The minimum atomic E-state index is 0.501. The number of hydrogen-bond acceptors (Lipinski definition) is 1. The van der Waals surface area contributed by atoms with Crippen molar-refractivity contribution in [2.75, 3.05) is 13.1 Å². The molecule has 0 radical (unpaired) electrons. The van der Waals surface area contributed by atoms with Crippen molar-refractivity contribution in [3.05, 3.63) is 11.1 Å². The molecule has 68 valence electrons. The molecule has 0 N–H and O–H groups in total. The third-order valence-electron chi connectivity index (χ3n) is 3.50. The summed E-state index contributed by atoms with van der Waals surface area (Å²) in [5, 5.41) is 0. The predicted molar refractivity (Wildman–Crippen MR) is 52.4 cm³/mol. The number of fused-ring (bicyclic) bond motifs is 1. The third-order valence-corrected chi connectivity index (χ3v) is 3.81. The predicted octanol–water partition coefficient (Wildman–Crippen LogP) is 2.76. The molecule has 2 aliphatic rings. The van der Waals surface area contributed by atoms with Crippen LogP contribution in [0.3, 0.4) is 0 Å². The van der Waals surface area contributed by atoms with Crippen LogP contribution in [0.5, 0.6) is 0 Å². The minimum Gasteiger partial charge on any atom is -0.293 e. The Morgan fingerprint density at radius 2 is 2.50 bits per heavy atom. The van der Waals surface area contributed by atoms with E-state index in [1.807, 2.05) is 0 Å². The number of rotatable bonds is 1. The van der Waals surface area contributed by atoms with Gasteiger partial charge in [-0.3, -0.25) is 4.90 Å². The summed E-state index contributed by atoms with van der Waals surface area (Å²) in [4.78, 5) is 2.61. The maximum atomic E-state index is 5.75. The van der Waals surface area contributed by atoms with Crippen LogP contribution in [0.2, 0.25) is 0 Å². The second-order valence-electron chi connectivity index (χ2n) is 4.05. The first-order valence-corrected chi connectivity index (χ1v) is 5.27. The van der Waals surface area contributed by atoms with Crippen molar-refractivity contribution >= 4 is 11.6 Å². The van der Waals surface area contributed by atoms with Crippen molar-refractivity contribution in [1.82, 2.24) is 4.90 Å². The molecule has 12 heavy (non-hydrogen) atoms. The van der Waals surface area contributed by atoms with Gasteiger partial charge >= 0.3 is 0 Å². The summed E-state index contributed by atoms with van der Waals surface area (Å²) in [6.07, 6.45) is 5.25. The highest BCUT2D eigenvalue weighted by Gasteiger charge is 2.44. The van der Waals surface area contributed by atoms with E-state index in [4.69, 9.17) is 11.6 Å². The molecule has 1 atom stereocenters. The van der Waals surface area contributed by atoms with E-state index in [1.54, 1.807) is 5.54 Å². The quantitative estimate of drug-likeness (QED) is 0.608. The summed E-state index contributed by atoms with van der Waals surface area (Å²) in [5.74, 6) is 0. The molecule has 2 rings (SSSR count). The molecule has 2 aliphatic heterocycles. The SMILES string of the molecule is CC[C@@]12CCCN1C/C(=C/Cl)C2. The van der Waals surface area contributed by atoms with E-state index in [1.165, 1.54) is 37.8 Å². The summed E-state index contributed by atoms with van der Waals surface area (Å²) in [5.41, 5.74) is 3.72. The fourth-order valence-corrected chi connectivity index (χ4v) is 2.91. The zero-order chi connectivity index (χ0) is 8.60. The van der Waals surface area contributed by atoms with E-state index in [0.29, 0.717) is 5.54 Å². The van der Waals surface area contributed by atoms with Crippen LogP contribution in [-0.4, -0.2) is 23.5 Å². The van der Waals surface area contributed by atoms with E-state index >= 15 is 0 Å². The number of hydrogen-bond donors (Lipinski definition) is 0. The second kappa shape index (κ2) is 3.04. The molecule has 0 aromatic rings. The van der Waals surface area contributed by atoms with E-state index in [0.717, 1.165) is 6.54 Å². The summed E-state index contributed by atoms with van der Waals surface area (Å²) >= 11 is 5.75. The van der Waals surface area contributed by atoms with Crippen LogP contribution in [0.25, 0.3) is 0 Å². The number of halogens is 1. The van der Waals surface area contributed by atoms with Gasteiger partial charge in [0.1, 0.15) is 0 Å². The Morgan fingerprint density at radius 3 is 3.08 bits per heavy atom. The maximum Gasteiger partial charge on any atom is 0.0248 e. The topological polar surface area (TPSA) is 3.24 Å². The molecule has 1 nitrogen and oxygen atoms in total. The van der Waals surface area contributed by atoms with Gasteiger partial charge in [-0.1, -0.05) is 18.5 Å². The molecule has 0 amide bonds. The summed E-state index contributed by atoms with van der Waals surface area (Å²) in [6, 6.07) is 0. The van der Waals surface area contributed by atoms with Crippen LogP contribution in [0.1, 0.15) is 32.6 Å². The van der Waals surface area contributed by atoms with E-state index in [9.17, 15) is 0 Å². The number of nitrogens with zero attached hydrogens (tertiary/aromatic N) is 1. The van der Waals surface area contributed by atoms with Gasteiger partial charge in [-0.15, -0.1) is 0 Å².